The second-order valence-corrected chi connectivity index (χ2v) is 30.9. The molecular weight excluding hydrogens is 1700 g/mol. The molecule has 10 N–H and O–H groups in total. The number of imidazole rings is 13. The van der Waals surface area contributed by atoms with Crippen LogP contribution in [0.25, 0.3) is 11.4 Å². The van der Waals surface area contributed by atoms with Crippen molar-refractivity contribution in [3.05, 3.63) is 257 Å². The fraction of sp³-hybridized carbons (Fsp3) is 0.582. The van der Waals surface area contributed by atoms with E-state index in [4.69, 9.17) is 0 Å². The van der Waals surface area contributed by atoms with E-state index in [0.29, 0.717) is 12.1 Å². The molecule has 0 aliphatic carbocycles. The van der Waals surface area contributed by atoms with Crippen molar-refractivity contribution in [2.75, 3.05) is 0 Å². The Morgan fingerprint density at radius 1 is 0.307 bits per heavy atom. The Hall–Kier alpha value is -11.4. The Bertz CT molecular complexity index is 4660. The van der Waals surface area contributed by atoms with E-state index in [1.165, 1.54) is 169 Å². The Labute approximate surface area is 835 Å². The lowest BCUT2D eigenvalue weighted by atomic mass is 10.2. The van der Waals surface area contributed by atoms with Gasteiger partial charge in [0.1, 0.15) is 34.8 Å². The highest BCUT2D eigenvalue weighted by Crippen LogP contribution is 2.19. The van der Waals surface area contributed by atoms with E-state index in [-0.39, 0.29) is 80.0 Å². The first kappa shape index (κ1) is 143. The number of unbranched alkanes of at least 4 members (excludes halogenated alkanes) is 3. The minimum atomic E-state index is 0. The Kier molecular flexibility index (Phi) is 96.7. The number of Topliss-reactive ketones (excluding diaryl/α,β-unsaturated/α-hetero) is 1. The monoisotopic (exact) mass is 1910 g/mol. The second-order valence-electron chi connectivity index (χ2n) is 30.9. The van der Waals surface area contributed by atoms with Gasteiger partial charge < -0.3 is 63.5 Å². The van der Waals surface area contributed by atoms with Gasteiger partial charge in [0, 0.05) is 183 Å². The minimum Gasteiger partial charge on any atom is -0.349 e. The maximum absolute atomic E-state index is 11.0. The van der Waals surface area contributed by atoms with Gasteiger partial charge in [0.15, 0.2) is 5.78 Å². The van der Waals surface area contributed by atoms with Crippen LogP contribution in [0.2, 0.25) is 0 Å². The summed E-state index contributed by atoms with van der Waals surface area (Å²) >= 11 is 0. The predicted molar refractivity (Wildman–Crippen MR) is 592 cm³/mol. The van der Waals surface area contributed by atoms with E-state index < -0.39 is 0 Å². The van der Waals surface area contributed by atoms with Gasteiger partial charge in [0.25, 0.3) is 0 Å². The van der Waals surface area contributed by atoms with Gasteiger partial charge in [-0.2, -0.15) is 0 Å². The van der Waals surface area contributed by atoms with Crippen LogP contribution in [0, 0.1) is 20.8 Å². The summed E-state index contributed by atoms with van der Waals surface area (Å²) in [5.41, 5.74) is 20.2. The number of nitrogens with zero attached hydrogens (tertiary/aromatic N) is 16. The van der Waals surface area contributed by atoms with Crippen LogP contribution in [0.1, 0.15) is 407 Å². The average molecular weight is 1910 g/mol. The SMILES string of the molecule is C.C.C.C.C.C.C.C.C.C.CCC(=O)c1cn(C)cn1.CCCCc1cn(C)cn1.CCCCc1cnc[nH]1.CCCCc1ncc(CCC)[nH]1.CCCc1cnc(CC)[nH]1.CCCc1cnc(CC)[nH]1.CCCc1cnc[nH]1.CCCc1cnc[nH]1.CCCc1nc(-c2ccccc2)[nH]c1C.CCCc1nc(CC)[nH]c1C.CCCc1nc[nH]c1C.CCc1cnc[nH]1.CCc1cncn1C. The molecular formula is C110H204N26O. The van der Waals surface area contributed by atoms with Crippen molar-refractivity contribution < 1.29 is 4.79 Å². The van der Waals surface area contributed by atoms with E-state index in [1.807, 2.05) is 118 Å². The molecule has 14 rings (SSSR count). The highest BCUT2D eigenvalue weighted by atomic mass is 16.1. The van der Waals surface area contributed by atoms with E-state index in [9.17, 15) is 4.79 Å². The second kappa shape index (κ2) is 92.3. The molecule has 0 bridgehead atoms. The van der Waals surface area contributed by atoms with Gasteiger partial charge in [-0.3, -0.25) is 4.79 Å². The van der Waals surface area contributed by atoms with Crippen molar-refractivity contribution in [1.29, 1.82) is 0 Å². The number of ketones is 1. The molecule has 0 amide bonds. The molecule has 0 radical (unpaired) electrons. The number of benzene rings is 1. The summed E-state index contributed by atoms with van der Waals surface area (Å²) in [7, 11) is 5.85. The number of hydrogen-bond acceptors (Lipinski definition) is 14. The summed E-state index contributed by atoms with van der Waals surface area (Å²) in [4.78, 5) is 96.1. The van der Waals surface area contributed by atoms with Crippen LogP contribution < -0.4 is 0 Å². The zero-order valence-electron chi connectivity index (χ0n) is 82.3. The van der Waals surface area contributed by atoms with Gasteiger partial charge in [0.2, 0.25) is 0 Å². The van der Waals surface area contributed by atoms with Crippen LogP contribution in [0.4, 0.5) is 0 Å². The van der Waals surface area contributed by atoms with Gasteiger partial charge >= 0.3 is 0 Å². The predicted octanol–water partition coefficient (Wildman–Crippen LogP) is 29.4. The summed E-state index contributed by atoms with van der Waals surface area (Å²) in [6.45, 7) is 42.6. The van der Waals surface area contributed by atoms with Crippen molar-refractivity contribution >= 4 is 5.78 Å². The first-order chi connectivity index (χ1) is 61.6. The first-order valence-electron chi connectivity index (χ1n) is 47.2. The van der Waals surface area contributed by atoms with Crippen molar-refractivity contribution in [2.45, 2.75) is 412 Å². The van der Waals surface area contributed by atoms with Crippen LogP contribution in [-0.2, 0) is 124 Å². The van der Waals surface area contributed by atoms with Gasteiger partial charge in [-0.25, -0.2) is 64.8 Å². The zero-order valence-corrected chi connectivity index (χ0v) is 82.3. The van der Waals surface area contributed by atoms with Gasteiger partial charge in [0.05, 0.1) is 73.4 Å². The summed E-state index contributed by atoms with van der Waals surface area (Å²) in [5, 5.41) is 0. The standard InChI is InChI=1S/C13H16N2.C10H18N2.C9H16N2.3C8H14N2.C7H10N2O.2C7H12N2.3C6H10N2.C5H8N2.10CH4/c1-3-7-12-10(2)14-13(15-12)11-8-5-4-6-9-11;1-3-5-7-10-11-8-9(12-10)6-4-2;1-4-6-8-7(3)10-9(5-2)11-8;1-3-4-5-8-6-10(2)7-9-8;2*1-3-5-7-6-9-8(4-2)10-7;1-3-7(10)6-4-9(2)5-8-6;1-3-4-7-6(2)8-5-9-7;1-2-3-4-7-5-8-6-9-7;1-3-6-4-7-5-8(6)2;2*1-2-3-6-4-7-5-8-6;1-2-5-3-6-4-7-5;;;;;;;;;;/h4-6,8-9H,3,7H2,1-2H3,(H,14,15);8H,3-7H2,1-2H3,(H,11,12);4-6H2,1-3H3,(H,10,11);6-7H,3-5H2,1-2H3;2*6H,3-5H2,1-2H3,(H,9,10);4-5H,3H2,1-2H3;5H,3-4H2,1-2H3,(H,8,9);5-6H,2-4H2,1H3,(H,8,9);4-5H,3H2,1-2H3;2*4-5H,2-3H2,1H3,(H,7,8);3-4H,2H2,1H3,(H,6,7);10*1H4. The van der Waals surface area contributed by atoms with Gasteiger partial charge in [-0.15, -0.1) is 0 Å². The van der Waals surface area contributed by atoms with Crippen molar-refractivity contribution in [2.24, 2.45) is 21.1 Å². The molecule has 780 valence electrons. The van der Waals surface area contributed by atoms with Crippen LogP contribution in [0.3, 0.4) is 0 Å². The summed E-state index contributed by atoms with van der Waals surface area (Å²) < 4.78 is 5.79. The summed E-state index contributed by atoms with van der Waals surface area (Å²) in [5.74, 6) is 5.55. The number of carbonyl (C=O) groups excluding carboxylic acids is 1. The van der Waals surface area contributed by atoms with Crippen LogP contribution in [0.5, 0.6) is 0 Å². The van der Waals surface area contributed by atoms with Crippen molar-refractivity contribution in [3.63, 3.8) is 0 Å². The lowest BCUT2D eigenvalue weighted by Gasteiger charge is -1.94. The maximum Gasteiger partial charge on any atom is 0.182 e. The van der Waals surface area contributed by atoms with Gasteiger partial charge in [-0.1, -0.05) is 293 Å². The third-order valence-corrected chi connectivity index (χ3v) is 19.4. The lowest BCUT2D eigenvalue weighted by Crippen LogP contribution is -1.95. The first-order valence-corrected chi connectivity index (χ1v) is 47.2. The number of carbonyl (C=O) groups is 1. The minimum absolute atomic E-state index is 0. The van der Waals surface area contributed by atoms with E-state index >= 15 is 0 Å². The molecule has 0 aliphatic rings. The Balaban J connectivity index is -0.000000185. The molecule has 0 atom stereocenters. The molecule has 13 aromatic heterocycles. The molecule has 0 unspecified atom stereocenters. The molecule has 1 aromatic carbocycles. The Morgan fingerprint density at radius 3 is 1.05 bits per heavy atom. The summed E-state index contributed by atoms with van der Waals surface area (Å²) in [6, 6.07) is 10.2. The van der Waals surface area contributed by atoms with Crippen LogP contribution in [0.15, 0.2) is 143 Å². The number of rotatable bonds is 33. The Morgan fingerprint density at radius 2 is 0.708 bits per heavy atom. The molecule has 0 fully saturated rings. The highest BCUT2D eigenvalue weighted by Gasteiger charge is 2.09. The number of H-pyrrole nitrogens is 10. The molecule has 13 heterocycles. The largest absolute Gasteiger partial charge is 0.349 e. The topological polar surface area (TPSA) is 357 Å². The smallest absolute Gasteiger partial charge is 0.182 e. The molecule has 27 nitrogen and oxygen atoms in total. The van der Waals surface area contributed by atoms with Crippen LogP contribution in [-0.4, -0.2) is 134 Å². The molecule has 0 aliphatic heterocycles. The molecule has 0 saturated carbocycles. The number of aryl methyl sites for hydroxylation is 22. The van der Waals surface area contributed by atoms with E-state index in [1.54, 1.807) is 48.7 Å². The van der Waals surface area contributed by atoms with Crippen molar-refractivity contribution in [3.8, 4) is 11.4 Å². The number of hydrogen-bond donors (Lipinski definition) is 10. The van der Waals surface area contributed by atoms with Crippen LogP contribution >= 0.6 is 0 Å². The molecule has 0 saturated heterocycles. The lowest BCUT2D eigenvalue weighted by molar-refractivity contribution is 0.0983. The fourth-order valence-corrected chi connectivity index (χ4v) is 12.1. The fourth-order valence-electron chi connectivity index (χ4n) is 12.1. The quantitative estimate of drug-likeness (QED) is 0.0171. The maximum atomic E-state index is 11.0. The number of nitrogens with one attached hydrogen (secondary N) is 10. The third kappa shape index (κ3) is 65.1. The normalized spacial score (nSPS) is 9.34. The van der Waals surface area contributed by atoms with E-state index in [0.717, 1.165) is 144 Å². The zero-order chi connectivity index (χ0) is 93.5. The van der Waals surface area contributed by atoms with Gasteiger partial charge in [-0.05, 0) is 117 Å². The molecule has 137 heavy (non-hydrogen) atoms. The van der Waals surface area contributed by atoms with Crippen molar-refractivity contribution in [1.82, 2.24) is 128 Å². The average Bonchev–Trinajstić information content (AvgIpc) is 1.70. The molecule has 14 aromatic rings. The third-order valence-electron chi connectivity index (χ3n) is 19.4. The molecule has 0 spiro atoms. The number of aromatic nitrogens is 26. The summed E-state index contributed by atoms with van der Waals surface area (Å²) in [6.07, 6.45) is 67.6. The highest BCUT2D eigenvalue weighted by molar-refractivity contribution is 5.93. The number of aromatic amines is 10. The van der Waals surface area contributed by atoms with E-state index in [2.05, 4.69) is 265 Å². The molecule has 27 heteroatoms.